The highest BCUT2D eigenvalue weighted by Gasteiger charge is 2.30. The van der Waals surface area contributed by atoms with Crippen molar-refractivity contribution < 1.29 is 14.3 Å². The number of ether oxygens (including phenoxy) is 2. The van der Waals surface area contributed by atoms with Gasteiger partial charge in [-0.05, 0) is 82.8 Å². The van der Waals surface area contributed by atoms with Gasteiger partial charge in [-0.3, -0.25) is 4.79 Å². The third-order valence-corrected chi connectivity index (χ3v) is 7.38. The molecule has 1 aromatic heterocycles. The van der Waals surface area contributed by atoms with Gasteiger partial charge in [-0.2, -0.15) is 0 Å². The molecule has 0 unspecified atom stereocenters. The number of fused-ring (bicyclic) bond motifs is 2. The van der Waals surface area contributed by atoms with E-state index in [2.05, 4.69) is 62.2 Å². The van der Waals surface area contributed by atoms with Crippen LogP contribution >= 0.6 is 0 Å². The zero-order valence-electron chi connectivity index (χ0n) is 22.8. The molecular formula is C34H30N2O3. The molecular weight excluding hydrogens is 484 g/mol. The summed E-state index contributed by atoms with van der Waals surface area (Å²) in [5.41, 5.74) is 8.60. The Hall–Kier alpha value is -4.64. The summed E-state index contributed by atoms with van der Waals surface area (Å²) >= 11 is 0. The van der Waals surface area contributed by atoms with Crippen molar-refractivity contribution in [3.05, 3.63) is 102 Å². The Balaban J connectivity index is 1.68. The number of Topliss-reactive ketones (excluding diaryl/α,β-unsaturated/α-hetero) is 1. The third-order valence-electron chi connectivity index (χ3n) is 7.38. The van der Waals surface area contributed by atoms with Crippen LogP contribution in [0.25, 0.3) is 33.3 Å². The highest BCUT2D eigenvalue weighted by atomic mass is 16.5. The van der Waals surface area contributed by atoms with Crippen molar-refractivity contribution in [2.75, 3.05) is 14.2 Å². The van der Waals surface area contributed by atoms with E-state index in [4.69, 9.17) is 14.5 Å². The Morgan fingerprint density at radius 3 is 1.95 bits per heavy atom. The molecule has 0 radical (unpaired) electrons. The van der Waals surface area contributed by atoms with Crippen LogP contribution in [0, 0.1) is 0 Å². The zero-order valence-corrected chi connectivity index (χ0v) is 22.8. The van der Waals surface area contributed by atoms with Gasteiger partial charge in [-0.25, -0.2) is 4.99 Å². The van der Waals surface area contributed by atoms with Gasteiger partial charge in [0.25, 0.3) is 0 Å². The van der Waals surface area contributed by atoms with Crippen molar-refractivity contribution in [3.63, 3.8) is 0 Å². The van der Waals surface area contributed by atoms with E-state index < -0.39 is 0 Å². The number of benzene rings is 4. The van der Waals surface area contributed by atoms with Crippen molar-refractivity contribution in [2.45, 2.75) is 26.2 Å². The third kappa shape index (κ3) is 4.20. The van der Waals surface area contributed by atoms with E-state index >= 15 is 0 Å². The van der Waals surface area contributed by atoms with E-state index in [1.54, 1.807) is 14.2 Å². The van der Waals surface area contributed by atoms with Crippen LogP contribution in [0.15, 0.2) is 89.9 Å². The number of para-hydroxylation sites is 1. The van der Waals surface area contributed by atoms with E-state index in [1.807, 2.05) is 48.5 Å². The van der Waals surface area contributed by atoms with E-state index in [1.165, 1.54) is 0 Å². The molecule has 0 fully saturated rings. The first-order chi connectivity index (χ1) is 18.8. The first kappa shape index (κ1) is 24.7. The van der Waals surface area contributed by atoms with Crippen molar-refractivity contribution in [1.29, 1.82) is 0 Å². The van der Waals surface area contributed by atoms with Gasteiger partial charge in [-0.15, -0.1) is 0 Å². The lowest BCUT2D eigenvalue weighted by molar-refractivity contribution is 0.107. The molecule has 0 spiro atoms. The fraction of sp³-hybridized carbons (Fsp3) is 0.176. The number of nitrogens with one attached hydrogen (secondary N) is 1. The van der Waals surface area contributed by atoms with Gasteiger partial charge in [-0.1, -0.05) is 45.0 Å². The van der Waals surface area contributed by atoms with E-state index in [9.17, 15) is 4.79 Å². The molecule has 0 atom stereocenters. The van der Waals surface area contributed by atoms with Gasteiger partial charge >= 0.3 is 0 Å². The van der Waals surface area contributed by atoms with Crippen LogP contribution in [0.5, 0.6) is 11.5 Å². The SMILES string of the molecule is COc1ccc(-c2[nH]c3c(C4=Nc5ccccc5C4=O)cc(C(C)(C)C)cc3c2-c2ccc(OC)cc2)cc1. The molecule has 0 saturated carbocycles. The summed E-state index contributed by atoms with van der Waals surface area (Å²) in [6.07, 6.45) is 0. The van der Waals surface area contributed by atoms with Gasteiger partial charge in [0, 0.05) is 22.1 Å². The second-order valence-corrected chi connectivity index (χ2v) is 10.8. The Morgan fingerprint density at radius 1 is 0.744 bits per heavy atom. The number of hydrogen-bond donors (Lipinski definition) is 1. The van der Waals surface area contributed by atoms with Crippen molar-refractivity contribution in [2.24, 2.45) is 4.99 Å². The number of ketones is 1. The van der Waals surface area contributed by atoms with E-state index in [0.29, 0.717) is 17.0 Å². The molecule has 4 aromatic carbocycles. The van der Waals surface area contributed by atoms with Crippen LogP contribution in [-0.4, -0.2) is 30.7 Å². The van der Waals surface area contributed by atoms with Gasteiger partial charge in [0.1, 0.15) is 17.2 Å². The minimum absolute atomic E-state index is 0.0513. The van der Waals surface area contributed by atoms with Crippen molar-refractivity contribution >= 4 is 28.1 Å². The summed E-state index contributed by atoms with van der Waals surface area (Å²) in [5, 5.41) is 1.04. The summed E-state index contributed by atoms with van der Waals surface area (Å²) < 4.78 is 10.8. The number of hydrogen-bond acceptors (Lipinski definition) is 4. The first-order valence-electron chi connectivity index (χ1n) is 13.0. The van der Waals surface area contributed by atoms with Crippen LogP contribution < -0.4 is 9.47 Å². The number of nitrogens with zero attached hydrogens (tertiary/aromatic N) is 1. The lowest BCUT2D eigenvalue weighted by Gasteiger charge is -2.21. The lowest BCUT2D eigenvalue weighted by atomic mass is 9.83. The summed E-state index contributed by atoms with van der Waals surface area (Å²) in [5.74, 6) is 1.54. The van der Waals surface area contributed by atoms with Gasteiger partial charge in [0.05, 0.1) is 31.1 Å². The summed E-state index contributed by atoms with van der Waals surface area (Å²) in [4.78, 5) is 22.1. The minimum atomic E-state index is -0.146. The average Bonchev–Trinajstić information content (AvgIpc) is 3.50. The second kappa shape index (κ2) is 9.28. The smallest absolute Gasteiger partial charge is 0.214 e. The number of methoxy groups -OCH3 is 2. The number of aromatic amines is 1. The number of aliphatic imine (C=N–C) groups is 1. The molecule has 0 aliphatic carbocycles. The fourth-order valence-electron chi connectivity index (χ4n) is 5.19. The summed E-state index contributed by atoms with van der Waals surface area (Å²) in [7, 11) is 3.33. The summed E-state index contributed by atoms with van der Waals surface area (Å²) in [6, 6.07) is 28.0. The molecule has 5 heteroatoms. The maximum Gasteiger partial charge on any atom is 0.214 e. The standard InChI is InChI=1S/C34H30N2O3/c1-34(2,3)22-18-26-29(20-10-14-23(38-4)15-11-20)30(21-12-16-24(39-5)17-13-21)36-31(26)27(19-22)32-33(37)25-8-6-7-9-28(25)35-32/h6-19,36H,1-5H3. The molecule has 0 saturated heterocycles. The fourth-order valence-corrected chi connectivity index (χ4v) is 5.19. The molecule has 1 N–H and O–H groups in total. The quantitative estimate of drug-likeness (QED) is 0.257. The second-order valence-electron chi connectivity index (χ2n) is 10.8. The molecule has 39 heavy (non-hydrogen) atoms. The van der Waals surface area contributed by atoms with Crippen LogP contribution in [0.4, 0.5) is 5.69 Å². The van der Waals surface area contributed by atoms with Crippen molar-refractivity contribution in [1.82, 2.24) is 4.98 Å². The maximum absolute atomic E-state index is 13.6. The minimum Gasteiger partial charge on any atom is -0.497 e. The topological polar surface area (TPSA) is 63.7 Å². The molecule has 5 nitrogen and oxygen atoms in total. The van der Waals surface area contributed by atoms with Crippen LogP contribution in [0.1, 0.15) is 42.3 Å². The zero-order chi connectivity index (χ0) is 27.3. The number of H-pyrrole nitrogens is 1. The molecule has 6 rings (SSSR count). The Morgan fingerprint density at radius 2 is 1.36 bits per heavy atom. The Bertz CT molecular complexity index is 1750. The monoisotopic (exact) mass is 514 g/mol. The molecule has 0 bridgehead atoms. The van der Waals surface area contributed by atoms with E-state index in [0.717, 1.165) is 55.9 Å². The Kier molecular flexibility index (Phi) is 5.87. The first-order valence-corrected chi connectivity index (χ1v) is 13.0. The maximum atomic E-state index is 13.6. The normalized spacial score (nSPS) is 12.9. The number of carbonyl (C=O) groups excluding carboxylic acids is 1. The molecule has 5 aromatic rings. The lowest BCUT2D eigenvalue weighted by Crippen LogP contribution is -2.16. The molecule has 1 aliphatic heterocycles. The highest BCUT2D eigenvalue weighted by Crippen LogP contribution is 2.43. The van der Waals surface area contributed by atoms with Gasteiger partial charge < -0.3 is 14.5 Å². The van der Waals surface area contributed by atoms with Crippen LogP contribution in [0.2, 0.25) is 0 Å². The predicted molar refractivity (Wildman–Crippen MR) is 158 cm³/mol. The van der Waals surface area contributed by atoms with E-state index in [-0.39, 0.29) is 11.2 Å². The molecule has 194 valence electrons. The number of rotatable bonds is 5. The van der Waals surface area contributed by atoms with Crippen LogP contribution in [-0.2, 0) is 5.41 Å². The van der Waals surface area contributed by atoms with Gasteiger partial charge in [0.2, 0.25) is 5.78 Å². The molecule has 0 amide bonds. The molecule has 1 aliphatic rings. The highest BCUT2D eigenvalue weighted by molar-refractivity contribution is 6.56. The largest absolute Gasteiger partial charge is 0.497 e. The molecule has 2 heterocycles. The Labute approximate surface area is 228 Å². The number of carbonyl (C=O) groups is 1. The summed E-state index contributed by atoms with van der Waals surface area (Å²) in [6.45, 7) is 6.57. The van der Waals surface area contributed by atoms with Crippen LogP contribution in [0.3, 0.4) is 0 Å². The average molecular weight is 515 g/mol. The predicted octanol–water partition coefficient (Wildman–Crippen LogP) is 8.13. The van der Waals surface area contributed by atoms with Gasteiger partial charge in [0.15, 0.2) is 0 Å². The van der Waals surface area contributed by atoms with Crippen molar-refractivity contribution in [3.8, 4) is 33.9 Å². The number of aromatic nitrogens is 1.